The van der Waals surface area contributed by atoms with Gasteiger partial charge in [-0.2, -0.15) is 0 Å². The topological polar surface area (TPSA) is 47.0 Å². The maximum absolute atomic E-state index is 5.01. The lowest BCUT2D eigenvalue weighted by molar-refractivity contribution is 0.199. The first-order valence-corrected chi connectivity index (χ1v) is 8.25. The highest BCUT2D eigenvalue weighted by Gasteiger charge is 2.08. The standard InChI is InChI=1S/C15H18BrN3OS/c1-11-8-12(9-17-6-7-20-2)10-19-14(11)21-15-13(16)4-3-5-18-15/h3-5,8,10,17H,6-7,9H2,1-2H3. The molecule has 21 heavy (non-hydrogen) atoms. The second-order valence-corrected chi connectivity index (χ2v) is 6.36. The zero-order valence-corrected chi connectivity index (χ0v) is 14.5. The Morgan fingerprint density at radius 1 is 1.33 bits per heavy atom. The molecule has 2 rings (SSSR count). The number of pyridine rings is 2. The number of nitrogens with one attached hydrogen (secondary N) is 1. The highest BCUT2D eigenvalue weighted by atomic mass is 79.9. The molecule has 0 fully saturated rings. The third-order valence-electron chi connectivity index (χ3n) is 2.82. The van der Waals surface area contributed by atoms with Crippen molar-refractivity contribution in [1.82, 2.24) is 15.3 Å². The quantitative estimate of drug-likeness (QED) is 0.759. The molecule has 0 bridgehead atoms. The molecule has 4 nitrogen and oxygen atoms in total. The molecule has 0 aliphatic carbocycles. The molecule has 6 heteroatoms. The van der Waals surface area contributed by atoms with Gasteiger partial charge in [0, 0.05) is 32.6 Å². The van der Waals surface area contributed by atoms with Gasteiger partial charge in [-0.05, 0) is 57.9 Å². The number of nitrogens with zero attached hydrogens (tertiary/aromatic N) is 2. The van der Waals surface area contributed by atoms with Gasteiger partial charge in [-0.25, -0.2) is 9.97 Å². The first-order valence-electron chi connectivity index (χ1n) is 6.64. The second kappa shape index (κ2) is 8.48. The molecule has 0 radical (unpaired) electrons. The van der Waals surface area contributed by atoms with Crippen molar-refractivity contribution in [2.24, 2.45) is 0 Å². The van der Waals surface area contributed by atoms with E-state index in [1.165, 1.54) is 5.56 Å². The molecule has 1 N–H and O–H groups in total. The number of hydrogen-bond donors (Lipinski definition) is 1. The summed E-state index contributed by atoms with van der Waals surface area (Å²) >= 11 is 5.08. The normalized spacial score (nSPS) is 10.8. The Bertz CT molecular complexity index is 595. The van der Waals surface area contributed by atoms with Crippen LogP contribution in [0.25, 0.3) is 0 Å². The van der Waals surface area contributed by atoms with Gasteiger partial charge in [0.25, 0.3) is 0 Å². The summed E-state index contributed by atoms with van der Waals surface area (Å²) in [4.78, 5) is 8.90. The summed E-state index contributed by atoms with van der Waals surface area (Å²) < 4.78 is 5.99. The summed E-state index contributed by atoms with van der Waals surface area (Å²) in [6.07, 6.45) is 3.70. The average Bonchev–Trinajstić information content (AvgIpc) is 2.48. The first kappa shape index (κ1) is 16.4. The molecule has 112 valence electrons. The molecule has 0 atom stereocenters. The molecular formula is C15H18BrN3OS. The van der Waals surface area contributed by atoms with Gasteiger partial charge in [-0.3, -0.25) is 0 Å². The lowest BCUT2D eigenvalue weighted by Crippen LogP contribution is -2.18. The highest BCUT2D eigenvalue weighted by Crippen LogP contribution is 2.32. The van der Waals surface area contributed by atoms with E-state index in [1.807, 2.05) is 18.3 Å². The number of aromatic nitrogens is 2. The van der Waals surface area contributed by atoms with E-state index in [-0.39, 0.29) is 0 Å². The lowest BCUT2D eigenvalue weighted by Gasteiger charge is -2.08. The van der Waals surface area contributed by atoms with Gasteiger partial charge in [0.2, 0.25) is 0 Å². The Kier molecular flexibility index (Phi) is 6.63. The molecule has 0 amide bonds. The molecule has 0 saturated heterocycles. The molecule has 0 unspecified atom stereocenters. The summed E-state index contributed by atoms with van der Waals surface area (Å²) in [6, 6.07) is 6.05. The summed E-state index contributed by atoms with van der Waals surface area (Å²) in [5.41, 5.74) is 2.33. The first-order chi connectivity index (χ1) is 10.2. The van der Waals surface area contributed by atoms with E-state index in [1.54, 1.807) is 25.1 Å². The molecule has 0 aliphatic rings. The van der Waals surface area contributed by atoms with Crippen LogP contribution in [0, 0.1) is 6.92 Å². The van der Waals surface area contributed by atoms with E-state index >= 15 is 0 Å². The third-order valence-corrected chi connectivity index (χ3v) is 4.86. The number of methoxy groups -OCH3 is 1. The minimum atomic E-state index is 0.716. The number of rotatable bonds is 7. The largest absolute Gasteiger partial charge is 0.383 e. The van der Waals surface area contributed by atoms with Gasteiger partial charge in [-0.15, -0.1) is 0 Å². The number of aryl methyl sites for hydroxylation is 1. The van der Waals surface area contributed by atoms with Crippen LogP contribution in [0.1, 0.15) is 11.1 Å². The van der Waals surface area contributed by atoms with E-state index in [4.69, 9.17) is 4.74 Å². The Morgan fingerprint density at radius 3 is 2.90 bits per heavy atom. The fourth-order valence-electron chi connectivity index (χ4n) is 1.77. The minimum Gasteiger partial charge on any atom is -0.383 e. The van der Waals surface area contributed by atoms with Crippen molar-refractivity contribution in [3.05, 3.63) is 46.2 Å². The van der Waals surface area contributed by atoms with Crippen LogP contribution in [0.15, 0.2) is 45.1 Å². The average molecular weight is 368 g/mol. The van der Waals surface area contributed by atoms with E-state index < -0.39 is 0 Å². The summed E-state index contributed by atoms with van der Waals surface area (Å²) in [5, 5.41) is 5.23. The maximum Gasteiger partial charge on any atom is 0.116 e. The van der Waals surface area contributed by atoms with Gasteiger partial charge in [0.15, 0.2) is 0 Å². The van der Waals surface area contributed by atoms with Gasteiger partial charge in [-0.1, -0.05) is 6.07 Å². The van der Waals surface area contributed by atoms with Gasteiger partial charge >= 0.3 is 0 Å². The summed E-state index contributed by atoms with van der Waals surface area (Å²) in [7, 11) is 1.70. The lowest BCUT2D eigenvalue weighted by atomic mass is 10.2. The van der Waals surface area contributed by atoms with Crippen LogP contribution in [-0.4, -0.2) is 30.2 Å². The SMILES string of the molecule is COCCNCc1cnc(Sc2ncccc2Br)c(C)c1. The number of halogens is 1. The van der Waals surface area contributed by atoms with Gasteiger partial charge in [0.1, 0.15) is 10.1 Å². The maximum atomic E-state index is 5.01. The molecule has 0 aliphatic heterocycles. The van der Waals surface area contributed by atoms with Crippen molar-refractivity contribution in [2.75, 3.05) is 20.3 Å². The zero-order valence-electron chi connectivity index (χ0n) is 12.1. The van der Waals surface area contributed by atoms with Crippen LogP contribution >= 0.6 is 27.7 Å². The van der Waals surface area contributed by atoms with Gasteiger partial charge in [0.05, 0.1) is 11.1 Å². The molecule has 0 spiro atoms. The fourth-order valence-corrected chi connectivity index (χ4v) is 3.05. The number of hydrogen-bond acceptors (Lipinski definition) is 5. The van der Waals surface area contributed by atoms with E-state index in [2.05, 4.69) is 44.2 Å². The Morgan fingerprint density at radius 2 is 2.19 bits per heavy atom. The van der Waals surface area contributed by atoms with Crippen LogP contribution in [0.2, 0.25) is 0 Å². The molecule has 2 aromatic heterocycles. The minimum absolute atomic E-state index is 0.716. The Balaban J connectivity index is 2.01. The highest BCUT2D eigenvalue weighted by molar-refractivity contribution is 9.10. The van der Waals surface area contributed by atoms with Gasteiger partial charge < -0.3 is 10.1 Å². The van der Waals surface area contributed by atoms with E-state index in [0.717, 1.165) is 33.2 Å². The van der Waals surface area contributed by atoms with E-state index in [9.17, 15) is 0 Å². The second-order valence-electron chi connectivity index (χ2n) is 4.53. The molecule has 0 saturated carbocycles. The van der Waals surface area contributed by atoms with Crippen LogP contribution in [0.5, 0.6) is 0 Å². The third kappa shape index (κ3) is 5.07. The van der Waals surface area contributed by atoms with Crippen molar-refractivity contribution < 1.29 is 4.74 Å². The Hall–Kier alpha value is -0.950. The predicted molar refractivity (Wildman–Crippen MR) is 88.6 cm³/mol. The molecular weight excluding hydrogens is 350 g/mol. The van der Waals surface area contributed by atoms with E-state index in [0.29, 0.717) is 6.61 Å². The van der Waals surface area contributed by atoms with Crippen molar-refractivity contribution in [1.29, 1.82) is 0 Å². The monoisotopic (exact) mass is 367 g/mol. The fraction of sp³-hybridized carbons (Fsp3) is 0.333. The summed E-state index contributed by atoms with van der Waals surface area (Å²) in [6.45, 7) is 4.43. The van der Waals surface area contributed by atoms with Crippen molar-refractivity contribution in [2.45, 2.75) is 23.5 Å². The summed E-state index contributed by atoms with van der Waals surface area (Å²) in [5.74, 6) is 0. The molecule has 0 aromatic carbocycles. The molecule has 2 heterocycles. The Labute approximate surface area is 137 Å². The number of ether oxygens (including phenoxy) is 1. The predicted octanol–water partition coefficient (Wildman–Crippen LogP) is 3.43. The van der Waals surface area contributed by atoms with Crippen molar-refractivity contribution >= 4 is 27.7 Å². The van der Waals surface area contributed by atoms with Crippen LogP contribution in [0.3, 0.4) is 0 Å². The molecule has 2 aromatic rings. The zero-order chi connectivity index (χ0) is 15.1. The van der Waals surface area contributed by atoms with Crippen LogP contribution in [-0.2, 0) is 11.3 Å². The smallest absolute Gasteiger partial charge is 0.116 e. The van der Waals surface area contributed by atoms with Crippen LogP contribution in [0.4, 0.5) is 0 Å². The van der Waals surface area contributed by atoms with Crippen molar-refractivity contribution in [3.8, 4) is 0 Å². The van der Waals surface area contributed by atoms with Crippen LogP contribution < -0.4 is 5.32 Å². The van der Waals surface area contributed by atoms with Crippen molar-refractivity contribution in [3.63, 3.8) is 0 Å².